The van der Waals surface area contributed by atoms with E-state index in [2.05, 4.69) is 21.2 Å². The van der Waals surface area contributed by atoms with Crippen LogP contribution in [0.25, 0.3) is 0 Å². The third kappa shape index (κ3) is 4.78. The number of hydrogen-bond acceptors (Lipinski definition) is 2. The van der Waals surface area contributed by atoms with Crippen molar-refractivity contribution in [2.24, 2.45) is 5.92 Å². The van der Waals surface area contributed by atoms with E-state index in [-0.39, 0.29) is 18.4 Å². The van der Waals surface area contributed by atoms with Crippen LogP contribution in [-0.2, 0) is 11.2 Å². The van der Waals surface area contributed by atoms with Crippen LogP contribution >= 0.6 is 15.9 Å². The molecule has 4 heteroatoms. The largest absolute Gasteiger partial charge is 0.388 e. The number of rotatable bonds is 5. The van der Waals surface area contributed by atoms with E-state index >= 15 is 0 Å². The lowest BCUT2D eigenvalue weighted by Gasteiger charge is -2.27. The van der Waals surface area contributed by atoms with Gasteiger partial charge in [-0.1, -0.05) is 41.9 Å². The minimum atomic E-state index is -0.868. The molecule has 1 rings (SSSR count). The fourth-order valence-electron chi connectivity index (χ4n) is 1.38. The van der Waals surface area contributed by atoms with Gasteiger partial charge in [0.15, 0.2) is 0 Å². The van der Waals surface area contributed by atoms with E-state index in [1.165, 1.54) is 0 Å². The van der Waals surface area contributed by atoms with Crippen molar-refractivity contribution in [3.05, 3.63) is 34.3 Å². The van der Waals surface area contributed by atoms with Gasteiger partial charge < -0.3 is 10.4 Å². The first kappa shape index (κ1) is 15.2. The Kier molecular flexibility index (Phi) is 5.35. The van der Waals surface area contributed by atoms with Crippen LogP contribution in [0.4, 0.5) is 0 Å². The maximum absolute atomic E-state index is 11.8. The molecule has 1 atom stereocenters. The van der Waals surface area contributed by atoms with E-state index in [9.17, 15) is 9.90 Å². The summed E-state index contributed by atoms with van der Waals surface area (Å²) in [7, 11) is 0. The number of amides is 1. The Labute approximate surface area is 117 Å². The van der Waals surface area contributed by atoms with Gasteiger partial charge in [0, 0.05) is 11.0 Å². The second-order valence-corrected chi connectivity index (χ2v) is 6.01. The van der Waals surface area contributed by atoms with Crippen LogP contribution in [0.1, 0.15) is 26.3 Å². The molecule has 1 unspecified atom stereocenters. The maximum Gasteiger partial charge on any atom is 0.224 e. The Morgan fingerprint density at radius 3 is 2.72 bits per heavy atom. The summed E-state index contributed by atoms with van der Waals surface area (Å²) in [5.41, 5.74) is 0.0819. The number of aliphatic hydroxyl groups is 1. The van der Waals surface area contributed by atoms with Crippen molar-refractivity contribution >= 4 is 21.8 Å². The molecule has 0 saturated carbocycles. The monoisotopic (exact) mass is 313 g/mol. The van der Waals surface area contributed by atoms with E-state index in [0.29, 0.717) is 6.42 Å². The van der Waals surface area contributed by atoms with Crippen LogP contribution < -0.4 is 5.32 Å². The molecule has 0 bridgehead atoms. The Hall–Kier alpha value is -0.870. The van der Waals surface area contributed by atoms with Gasteiger partial charge in [-0.3, -0.25) is 4.79 Å². The van der Waals surface area contributed by atoms with Crippen molar-refractivity contribution in [1.82, 2.24) is 5.32 Å². The summed E-state index contributed by atoms with van der Waals surface area (Å²) in [6.07, 6.45) is 0.327. The van der Waals surface area contributed by atoms with Crippen molar-refractivity contribution in [3.8, 4) is 0 Å². The third-order valence-corrected chi connectivity index (χ3v) is 3.63. The van der Waals surface area contributed by atoms with Gasteiger partial charge in [0.2, 0.25) is 5.91 Å². The van der Waals surface area contributed by atoms with Gasteiger partial charge in [-0.25, -0.2) is 0 Å². The highest BCUT2D eigenvalue weighted by Gasteiger charge is 2.25. The second-order valence-electron chi connectivity index (χ2n) is 5.10. The average Bonchev–Trinajstić information content (AvgIpc) is 2.26. The highest BCUT2D eigenvalue weighted by Crippen LogP contribution is 2.15. The number of hydrogen-bond donors (Lipinski definition) is 2. The minimum Gasteiger partial charge on any atom is -0.388 e. The first-order valence-electron chi connectivity index (χ1n) is 6.05. The van der Waals surface area contributed by atoms with Gasteiger partial charge >= 0.3 is 0 Å². The topological polar surface area (TPSA) is 49.3 Å². The molecule has 1 aromatic rings. The first-order valence-corrected chi connectivity index (χ1v) is 6.84. The number of halogens is 1. The molecule has 2 N–H and O–H groups in total. The van der Waals surface area contributed by atoms with Crippen molar-refractivity contribution in [1.29, 1.82) is 0 Å². The SMILES string of the molecule is CC(C)C(C)(O)CNC(=O)Cc1cccc(Br)c1. The van der Waals surface area contributed by atoms with Gasteiger partial charge in [-0.15, -0.1) is 0 Å². The lowest BCUT2D eigenvalue weighted by Crippen LogP contribution is -2.44. The molecule has 0 aliphatic carbocycles. The minimum absolute atomic E-state index is 0.0750. The summed E-state index contributed by atoms with van der Waals surface area (Å²) in [5.74, 6) is 0.0256. The lowest BCUT2D eigenvalue weighted by molar-refractivity contribution is -0.122. The van der Waals surface area contributed by atoms with Crippen LogP contribution in [0.3, 0.4) is 0 Å². The molecule has 1 aromatic carbocycles. The predicted octanol–water partition coefficient (Wildman–Crippen LogP) is 2.51. The molecule has 3 nitrogen and oxygen atoms in total. The number of benzene rings is 1. The molecule has 0 heterocycles. The molecule has 0 aliphatic heterocycles. The van der Waals surface area contributed by atoms with Crippen LogP contribution in [-0.4, -0.2) is 23.2 Å². The molecular formula is C14H20BrNO2. The summed E-state index contributed by atoms with van der Waals surface area (Å²) in [5, 5.41) is 12.8. The normalized spacial score (nSPS) is 14.3. The standard InChI is InChI=1S/C14H20BrNO2/c1-10(2)14(3,18)9-16-13(17)8-11-5-4-6-12(15)7-11/h4-7,10,18H,8-9H2,1-3H3,(H,16,17). The second kappa shape index (κ2) is 6.34. The Bertz CT molecular complexity index is 416. The zero-order valence-corrected chi connectivity index (χ0v) is 12.6. The lowest BCUT2D eigenvalue weighted by atomic mass is 9.92. The molecular weight excluding hydrogens is 294 g/mol. The molecule has 0 spiro atoms. The highest BCUT2D eigenvalue weighted by molar-refractivity contribution is 9.10. The smallest absolute Gasteiger partial charge is 0.224 e. The van der Waals surface area contributed by atoms with Crippen LogP contribution in [0, 0.1) is 5.92 Å². The number of carbonyl (C=O) groups excluding carboxylic acids is 1. The van der Waals surface area contributed by atoms with Crippen molar-refractivity contribution in [3.63, 3.8) is 0 Å². The van der Waals surface area contributed by atoms with Gasteiger partial charge in [0.05, 0.1) is 12.0 Å². The third-order valence-electron chi connectivity index (χ3n) is 3.14. The Morgan fingerprint density at radius 1 is 1.50 bits per heavy atom. The Balaban J connectivity index is 2.48. The maximum atomic E-state index is 11.8. The van der Waals surface area contributed by atoms with Crippen molar-refractivity contribution in [2.75, 3.05) is 6.54 Å². The summed E-state index contributed by atoms with van der Waals surface area (Å²) >= 11 is 3.37. The fraction of sp³-hybridized carbons (Fsp3) is 0.500. The zero-order valence-electron chi connectivity index (χ0n) is 11.0. The summed E-state index contributed by atoms with van der Waals surface area (Å²) < 4.78 is 0.960. The van der Waals surface area contributed by atoms with Gasteiger partial charge in [-0.2, -0.15) is 0 Å². The van der Waals surface area contributed by atoms with E-state index in [1.807, 2.05) is 38.1 Å². The average molecular weight is 314 g/mol. The molecule has 1 amide bonds. The number of nitrogens with one attached hydrogen (secondary N) is 1. The van der Waals surface area contributed by atoms with E-state index < -0.39 is 5.60 Å². The van der Waals surface area contributed by atoms with Crippen LogP contribution in [0.5, 0.6) is 0 Å². The number of carbonyl (C=O) groups is 1. The van der Waals surface area contributed by atoms with Crippen LogP contribution in [0.15, 0.2) is 28.7 Å². The zero-order chi connectivity index (χ0) is 13.8. The predicted molar refractivity (Wildman–Crippen MR) is 76.3 cm³/mol. The summed E-state index contributed by atoms with van der Waals surface area (Å²) in [6, 6.07) is 7.65. The van der Waals surface area contributed by atoms with Crippen LogP contribution in [0.2, 0.25) is 0 Å². The van der Waals surface area contributed by atoms with Gasteiger partial charge in [0.1, 0.15) is 0 Å². The first-order chi connectivity index (χ1) is 8.31. The molecule has 18 heavy (non-hydrogen) atoms. The Morgan fingerprint density at radius 2 is 2.17 bits per heavy atom. The quantitative estimate of drug-likeness (QED) is 0.877. The molecule has 0 aromatic heterocycles. The molecule has 0 radical (unpaired) electrons. The van der Waals surface area contributed by atoms with Gasteiger partial charge in [0.25, 0.3) is 0 Å². The molecule has 100 valence electrons. The van der Waals surface area contributed by atoms with E-state index in [1.54, 1.807) is 6.92 Å². The van der Waals surface area contributed by atoms with Crippen molar-refractivity contribution in [2.45, 2.75) is 32.8 Å². The molecule has 0 aliphatic rings. The van der Waals surface area contributed by atoms with Crippen molar-refractivity contribution < 1.29 is 9.90 Å². The van der Waals surface area contributed by atoms with E-state index in [4.69, 9.17) is 0 Å². The summed E-state index contributed by atoms with van der Waals surface area (Å²) in [4.78, 5) is 11.8. The fourth-order valence-corrected chi connectivity index (χ4v) is 1.82. The van der Waals surface area contributed by atoms with E-state index in [0.717, 1.165) is 10.0 Å². The van der Waals surface area contributed by atoms with Gasteiger partial charge in [-0.05, 0) is 30.5 Å². The highest BCUT2D eigenvalue weighted by atomic mass is 79.9. The summed E-state index contributed by atoms with van der Waals surface area (Å²) in [6.45, 7) is 5.87. The molecule has 0 saturated heterocycles. The molecule has 0 fully saturated rings.